The standard InChI is InChI=1S/C10H10F2O/c11-9-4-5-10(12)8(7-9)3-1-2-6-13/h1,3-5,7,13H,2,6H2. The normalized spacial score (nSPS) is 11.0. The lowest BCUT2D eigenvalue weighted by Gasteiger charge is -1.96. The van der Waals surface area contributed by atoms with Gasteiger partial charge in [-0.1, -0.05) is 12.2 Å². The summed E-state index contributed by atoms with van der Waals surface area (Å²) in [6.07, 6.45) is 3.49. The van der Waals surface area contributed by atoms with Crippen molar-refractivity contribution < 1.29 is 13.9 Å². The molecule has 0 bridgehead atoms. The van der Waals surface area contributed by atoms with Crippen LogP contribution >= 0.6 is 0 Å². The zero-order chi connectivity index (χ0) is 9.68. The van der Waals surface area contributed by atoms with Gasteiger partial charge in [0.1, 0.15) is 11.6 Å². The molecule has 0 heterocycles. The van der Waals surface area contributed by atoms with Crippen molar-refractivity contribution in [1.29, 1.82) is 0 Å². The van der Waals surface area contributed by atoms with Gasteiger partial charge in [0.15, 0.2) is 0 Å². The van der Waals surface area contributed by atoms with Crippen LogP contribution in [-0.4, -0.2) is 11.7 Å². The molecule has 1 rings (SSSR count). The quantitative estimate of drug-likeness (QED) is 0.764. The molecule has 0 unspecified atom stereocenters. The second-order valence-electron chi connectivity index (χ2n) is 2.58. The van der Waals surface area contributed by atoms with Crippen molar-refractivity contribution in [2.24, 2.45) is 0 Å². The van der Waals surface area contributed by atoms with Gasteiger partial charge in [0, 0.05) is 12.2 Å². The third kappa shape index (κ3) is 2.95. The third-order valence-corrected chi connectivity index (χ3v) is 1.55. The molecule has 0 atom stereocenters. The molecule has 0 fully saturated rings. The average Bonchev–Trinajstić information content (AvgIpc) is 2.11. The molecule has 0 aliphatic rings. The minimum atomic E-state index is -0.468. The van der Waals surface area contributed by atoms with Crippen LogP contribution in [0.15, 0.2) is 24.3 Å². The molecule has 70 valence electrons. The summed E-state index contributed by atoms with van der Waals surface area (Å²) in [7, 11) is 0. The van der Waals surface area contributed by atoms with E-state index in [0.29, 0.717) is 6.42 Å². The minimum Gasteiger partial charge on any atom is -0.396 e. The van der Waals surface area contributed by atoms with Crippen molar-refractivity contribution in [2.45, 2.75) is 6.42 Å². The summed E-state index contributed by atoms with van der Waals surface area (Å²) in [5, 5.41) is 8.45. The third-order valence-electron chi connectivity index (χ3n) is 1.55. The number of aliphatic hydroxyl groups is 1. The molecule has 0 saturated carbocycles. The number of hydrogen-bond acceptors (Lipinski definition) is 1. The van der Waals surface area contributed by atoms with Crippen LogP contribution in [-0.2, 0) is 0 Å². The zero-order valence-electron chi connectivity index (χ0n) is 7.00. The highest BCUT2D eigenvalue weighted by Crippen LogP contribution is 2.11. The van der Waals surface area contributed by atoms with Crippen molar-refractivity contribution in [3.8, 4) is 0 Å². The fraction of sp³-hybridized carbons (Fsp3) is 0.200. The Balaban J connectivity index is 2.81. The Hall–Kier alpha value is -1.22. The smallest absolute Gasteiger partial charge is 0.130 e. The number of halogens is 2. The van der Waals surface area contributed by atoms with E-state index >= 15 is 0 Å². The summed E-state index contributed by atoms with van der Waals surface area (Å²) in [6, 6.07) is 3.26. The minimum absolute atomic E-state index is 0.00738. The lowest BCUT2D eigenvalue weighted by Crippen LogP contribution is -1.84. The van der Waals surface area contributed by atoms with Gasteiger partial charge in [-0.15, -0.1) is 0 Å². The van der Waals surface area contributed by atoms with Gasteiger partial charge in [-0.2, -0.15) is 0 Å². The number of hydrogen-bond donors (Lipinski definition) is 1. The summed E-state index contributed by atoms with van der Waals surface area (Å²) < 4.78 is 25.5. The molecule has 0 amide bonds. The summed E-state index contributed by atoms with van der Waals surface area (Å²) >= 11 is 0. The largest absolute Gasteiger partial charge is 0.396 e. The summed E-state index contributed by atoms with van der Waals surface area (Å²) in [5.41, 5.74) is 0.202. The van der Waals surface area contributed by atoms with Gasteiger partial charge in [-0.05, 0) is 24.6 Å². The monoisotopic (exact) mass is 184 g/mol. The van der Waals surface area contributed by atoms with E-state index in [1.54, 1.807) is 6.08 Å². The molecule has 1 nitrogen and oxygen atoms in total. The Labute approximate surface area is 75.3 Å². The molecule has 13 heavy (non-hydrogen) atoms. The van der Waals surface area contributed by atoms with Crippen LogP contribution in [0.3, 0.4) is 0 Å². The van der Waals surface area contributed by atoms with Gasteiger partial charge in [0.05, 0.1) is 0 Å². The van der Waals surface area contributed by atoms with Crippen molar-refractivity contribution in [3.63, 3.8) is 0 Å². The van der Waals surface area contributed by atoms with E-state index in [-0.39, 0.29) is 12.2 Å². The molecule has 3 heteroatoms. The molecule has 1 aromatic carbocycles. The van der Waals surface area contributed by atoms with Crippen LogP contribution in [0, 0.1) is 11.6 Å². The SMILES string of the molecule is OCCC=Cc1cc(F)ccc1F. The molecule has 0 saturated heterocycles. The van der Waals surface area contributed by atoms with Crippen molar-refractivity contribution in [2.75, 3.05) is 6.61 Å². The summed E-state index contributed by atoms with van der Waals surface area (Å²) in [5.74, 6) is -0.930. The Kier molecular flexibility index (Phi) is 3.58. The predicted octanol–water partition coefficient (Wildman–Crippen LogP) is 2.36. The van der Waals surface area contributed by atoms with Gasteiger partial charge in [-0.25, -0.2) is 8.78 Å². The van der Waals surface area contributed by atoms with Crippen LogP contribution in [0.4, 0.5) is 8.78 Å². The highest BCUT2D eigenvalue weighted by atomic mass is 19.1. The first-order chi connectivity index (χ1) is 6.24. The Morgan fingerprint density at radius 3 is 2.77 bits per heavy atom. The van der Waals surface area contributed by atoms with Crippen molar-refractivity contribution in [1.82, 2.24) is 0 Å². The highest BCUT2D eigenvalue weighted by Gasteiger charge is 1.98. The Morgan fingerprint density at radius 1 is 1.31 bits per heavy atom. The number of benzene rings is 1. The predicted molar refractivity (Wildman–Crippen MR) is 47.1 cm³/mol. The molecule has 0 aromatic heterocycles. The van der Waals surface area contributed by atoms with E-state index in [0.717, 1.165) is 18.2 Å². The maximum absolute atomic E-state index is 12.9. The topological polar surface area (TPSA) is 20.2 Å². The second kappa shape index (κ2) is 4.72. The van der Waals surface area contributed by atoms with Crippen LogP contribution in [0.5, 0.6) is 0 Å². The number of aliphatic hydroxyl groups excluding tert-OH is 1. The molecular weight excluding hydrogens is 174 g/mol. The van der Waals surface area contributed by atoms with Crippen molar-refractivity contribution >= 4 is 6.08 Å². The molecule has 0 radical (unpaired) electrons. The van der Waals surface area contributed by atoms with Crippen LogP contribution < -0.4 is 0 Å². The lowest BCUT2D eigenvalue weighted by atomic mass is 10.2. The Morgan fingerprint density at radius 2 is 2.08 bits per heavy atom. The molecule has 0 aliphatic carbocycles. The maximum Gasteiger partial charge on any atom is 0.130 e. The summed E-state index contributed by atoms with van der Waals surface area (Å²) in [6.45, 7) is 0.00738. The van der Waals surface area contributed by atoms with E-state index in [4.69, 9.17) is 5.11 Å². The first kappa shape index (κ1) is 9.86. The fourth-order valence-electron chi connectivity index (χ4n) is 0.927. The summed E-state index contributed by atoms with van der Waals surface area (Å²) in [4.78, 5) is 0. The number of rotatable bonds is 3. The van der Waals surface area contributed by atoms with Gasteiger partial charge in [-0.3, -0.25) is 0 Å². The van der Waals surface area contributed by atoms with Crippen LogP contribution in [0.2, 0.25) is 0 Å². The first-order valence-corrected chi connectivity index (χ1v) is 3.96. The van der Waals surface area contributed by atoms with Crippen LogP contribution in [0.25, 0.3) is 6.08 Å². The van der Waals surface area contributed by atoms with Gasteiger partial charge in [0.2, 0.25) is 0 Å². The molecule has 1 aromatic rings. The molecule has 1 N–H and O–H groups in total. The van der Waals surface area contributed by atoms with Gasteiger partial charge >= 0.3 is 0 Å². The highest BCUT2D eigenvalue weighted by molar-refractivity contribution is 5.49. The van der Waals surface area contributed by atoms with Gasteiger partial charge in [0.25, 0.3) is 0 Å². The van der Waals surface area contributed by atoms with E-state index in [2.05, 4.69) is 0 Å². The zero-order valence-corrected chi connectivity index (χ0v) is 7.00. The first-order valence-electron chi connectivity index (χ1n) is 3.96. The molecule has 0 aliphatic heterocycles. The Bertz CT molecular complexity index is 308. The molecular formula is C10H10F2O. The van der Waals surface area contributed by atoms with Crippen molar-refractivity contribution in [3.05, 3.63) is 41.5 Å². The van der Waals surface area contributed by atoms with E-state index in [9.17, 15) is 8.78 Å². The lowest BCUT2D eigenvalue weighted by molar-refractivity contribution is 0.303. The maximum atomic E-state index is 12.9. The van der Waals surface area contributed by atoms with E-state index in [1.165, 1.54) is 6.08 Å². The second-order valence-corrected chi connectivity index (χ2v) is 2.58. The van der Waals surface area contributed by atoms with Gasteiger partial charge < -0.3 is 5.11 Å². The van der Waals surface area contributed by atoms with E-state index < -0.39 is 11.6 Å². The van der Waals surface area contributed by atoms with E-state index in [1.807, 2.05) is 0 Å². The molecule has 0 spiro atoms. The average molecular weight is 184 g/mol. The van der Waals surface area contributed by atoms with Crippen LogP contribution in [0.1, 0.15) is 12.0 Å². The fourth-order valence-corrected chi connectivity index (χ4v) is 0.927.